The van der Waals surface area contributed by atoms with Crippen molar-refractivity contribution in [1.29, 1.82) is 0 Å². The van der Waals surface area contributed by atoms with Crippen LogP contribution in [0.5, 0.6) is 0 Å². The van der Waals surface area contributed by atoms with Crippen molar-refractivity contribution in [2.75, 3.05) is 24.6 Å². The van der Waals surface area contributed by atoms with Gasteiger partial charge in [0.25, 0.3) is 0 Å². The van der Waals surface area contributed by atoms with Gasteiger partial charge in [0.15, 0.2) is 0 Å². The van der Waals surface area contributed by atoms with E-state index >= 15 is 0 Å². The topological polar surface area (TPSA) is 78.4 Å². The first-order chi connectivity index (χ1) is 8.50. The van der Waals surface area contributed by atoms with E-state index in [1.807, 2.05) is 25.6 Å². The molecule has 2 atom stereocenters. The summed E-state index contributed by atoms with van der Waals surface area (Å²) in [6, 6.07) is -0.265. The molecule has 1 aliphatic heterocycles. The van der Waals surface area contributed by atoms with E-state index < -0.39 is 11.9 Å². The number of rotatable bonds is 6. The van der Waals surface area contributed by atoms with Gasteiger partial charge in [0.2, 0.25) is 0 Å². The average Bonchev–Trinajstić information content (AvgIpc) is 2.78. The lowest BCUT2D eigenvalue weighted by molar-refractivity contribution is -0.142. The first-order valence-electron chi connectivity index (χ1n) is 6.33. The Kier molecular flexibility index (Phi) is 6.32. The molecule has 1 fully saturated rings. The lowest BCUT2D eigenvalue weighted by Gasteiger charge is -2.17. The van der Waals surface area contributed by atoms with Crippen molar-refractivity contribution in [2.45, 2.75) is 20.3 Å². The molecule has 2 unspecified atom stereocenters. The fourth-order valence-corrected chi connectivity index (χ4v) is 3.14. The van der Waals surface area contributed by atoms with Crippen LogP contribution in [0.15, 0.2) is 0 Å². The molecule has 0 radical (unpaired) electrons. The van der Waals surface area contributed by atoms with Gasteiger partial charge in [0, 0.05) is 13.1 Å². The zero-order chi connectivity index (χ0) is 13.5. The molecule has 3 N–H and O–H groups in total. The van der Waals surface area contributed by atoms with Crippen molar-refractivity contribution >= 4 is 23.8 Å². The highest BCUT2D eigenvalue weighted by atomic mass is 32.2. The highest BCUT2D eigenvalue weighted by molar-refractivity contribution is 7.99. The second kappa shape index (κ2) is 7.51. The molecule has 0 saturated carbocycles. The lowest BCUT2D eigenvalue weighted by atomic mass is 9.96. The lowest BCUT2D eigenvalue weighted by Crippen LogP contribution is -2.42. The van der Waals surface area contributed by atoms with Crippen molar-refractivity contribution in [1.82, 2.24) is 10.6 Å². The number of aliphatic carboxylic acids is 1. The SMILES string of the molecule is CC(C)C(CNC(=O)NCC1CCSC1)C(=O)O. The monoisotopic (exact) mass is 274 g/mol. The molecule has 1 saturated heterocycles. The zero-order valence-corrected chi connectivity index (χ0v) is 11.8. The molecular formula is C12H22N2O3S. The Morgan fingerprint density at radius 3 is 2.61 bits per heavy atom. The Bertz CT molecular complexity index is 291. The summed E-state index contributed by atoms with van der Waals surface area (Å²) in [7, 11) is 0. The molecule has 5 nitrogen and oxygen atoms in total. The smallest absolute Gasteiger partial charge is 0.314 e. The van der Waals surface area contributed by atoms with E-state index in [0.29, 0.717) is 12.5 Å². The number of amides is 2. The highest BCUT2D eigenvalue weighted by Crippen LogP contribution is 2.22. The summed E-state index contributed by atoms with van der Waals surface area (Å²) in [5.74, 6) is 1.44. The van der Waals surface area contributed by atoms with Crippen LogP contribution in [0.2, 0.25) is 0 Å². The summed E-state index contributed by atoms with van der Waals surface area (Å²) in [6.45, 7) is 4.54. The maximum Gasteiger partial charge on any atom is 0.314 e. The number of hydrogen-bond acceptors (Lipinski definition) is 3. The van der Waals surface area contributed by atoms with E-state index in [1.165, 1.54) is 5.75 Å². The van der Waals surface area contributed by atoms with Gasteiger partial charge >= 0.3 is 12.0 Å². The molecule has 1 heterocycles. The first-order valence-corrected chi connectivity index (χ1v) is 7.48. The summed E-state index contributed by atoms with van der Waals surface area (Å²) in [4.78, 5) is 22.5. The molecular weight excluding hydrogens is 252 g/mol. The Morgan fingerprint density at radius 2 is 2.11 bits per heavy atom. The summed E-state index contributed by atoms with van der Waals surface area (Å²) < 4.78 is 0. The third-order valence-electron chi connectivity index (χ3n) is 3.18. The maximum atomic E-state index is 11.5. The first kappa shape index (κ1) is 15.1. The van der Waals surface area contributed by atoms with Gasteiger partial charge in [-0.05, 0) is 29.8 Å². The van der Waals surface area contributed by atoms with Gasteiger partial charge in [-0.3, -0.25) is 4.79 Å². The largest absolute Gasteiger partial charge is 0.481 e. The molecule has 1 aliphatic rings. The van der Waals surface area contributed by atoms with Crippen molar-refractivity contribution in [3.05, 3.63) is 0 Å². The van der Waals surface area contributed by atoms with Gasteiger partial charge in [-0.1, -0.05) is 13.8 Å². The van der Waals surface area contributed by atoms with E-state index in [1.54, 1.807) is 0 Å². The number of thioether (sulfide) groups is 1. The van der Waals surface area contributed by atoms with Crippen molar-refractivity contribution in [3.8, 4) is 0 Å². The molecule has 2 amide bonds. The molecule has 6 heteroatoms. The molecule has 104 valence electrons. The highest BCUT2D eigenvalue weighted by Gasteiger charge is 2.22. The van der Waals surface area contributed by atoms with Crippen LogP contribution < -0.4 is 10.6 Å². The fraction of sp³-hybridized carbons (Fsp3) is 0.833. The maximum absolute atomic E-state index is 11.5. The van der Waals surface area contributed by atoms with E-state index in [9.17, 15) is 9.59 Å². The Morgan fingerprint density at radius 1 is 1.39 bits per heavy atom. The summed E-state index contributed by atoms with van der Waals surface area (Å²) in [6.07, 6.45) is 1.15. The minimum absolute atomic E-state index is 0.00836. The Labute approximate surface area is 112 Å². The van der Waals surface area contributed by atoms with E-state index in [0.717, 1.165) is 12.2 Å². The van der Waals surface area contributed by atoms with Crippen molar-refractivity contribution in [2.24, 2.45) is 17.8 Å². The molecule has 18 heavy (non-hydrogen) atoms. The van der Waals surface area contributed by atoms with E-state index in [-0.39, 0.29) is 18.5 Å². The zero-order valence-electron chi connectivity index (χ0n) is 10.9. The van der Waals surface area contributed by atoms with Crippen LogP contribution >= 0.6 is 11.8 Å². The van der Waals surface area contributed by atoms with Crippen molar-refractivity contribution in [3.63, 3.8) is 0 Å². The molecule has 1 rings (SSSR count). The van der Waals surface area contributed by atoms with E-state index in [2.05, 4.69) is 10.6 Å². The number of carboxylic acid groups (broad SMARTS) is 1. The summed E-state index contributed by atoms with van der Waals surface area (Å²) in [5.41, 5.74) is 0. The van der Waals surface area contributed by atoms with Crippen LogP contribution in [-0.2, 0) is 4.79 Å². The van der Waals surface area contributed by atoms with E-state index in [4.69, 9.17) is 5.11 Å². The number of nitrogens with one attached hydrogen (secondary N) is 2. The number of carboxylic acids is 1. The normalized spacial score (nSPS) is 20.7. The third kappa shape index (κ3) is 5.16. The second-order valence-electron chi connectivity index (χ2n) is 5.01. The molecule has 0 aliphatic carbocycles. The fourth-order valence-electron chi connectivity index (χ4n) is 1.85. The van der Waals surface area contributed by atoms with Gasteiger partial charge in [0.1, 0.15) is 0 Å². The van der Waals surface area contributed by atoms with Crippen molar-refractivity contribution < 1.29 is 14.7 Å². The van der Waals surface area contributed by atoms with Crippen LogP contribution in [0.4, 0.5) is 4.79 Å². The van der Waals surface area contributed by atoms with Gasteiger partial charge in [-0.2, -0.15) is 11.8 Å². The van der Waals surface area contributed by atoms with Crippen LogP contribution in [0.1, 0.15) is 20.3 Å². The molecule has 0 aromatic carbocycles. The summed E-state index contributed by atoms with van der Waals surface area (Å²) in [5, 5.41) is 14.4. The predicted octanol–water partition coefficient (Wildman–Crippen LogP) is 1.40. The van der Waals surface area contributed by atoms with Crippen LogP contribution in [0.3, 0.4) is 0 Å². The molecule has 0 aromatic heterocycles. The molecule has 0 aromatic rings. The van der Waals surface area contributed by atoms with Crippen LogP contribution in [0.25, 0.3) is 0 Å². The average molecular weight is 274 g/mol. The number of carbonyl (C=O) groups excluding carboxylic acids is 1. The van der Waals surface area contributed by atoms with Crippen LogP contribution in [0, 0.1) is 17.8 Å². The summed E-state index contributed by atoms with van der Waals surface area (Å²) >= 11 is 1.91. The Balaban J connectivity index is 2.20. The Hall–Kier alpha value is -0.910. The predicted molar refractivity (Wildman–Crippen MR) is 72.8 cm³/mol. The van der Waals surface area contributed by atoms with Gasteiger partial charge in [-0.15, -0.1) is 0 Å². The minimum Gasteiger partial charge on any atom is -0.481 e. The number of carbonyl (C=O) groups is 2. The van der Waals surface area contributed by atoms with Gasteiger partial charge in [0.05, 0.1) is 5.92 Å². The molecule has 0 bridgehead atoms. The number of urea groups is 1. The second-order valence-corrected chi connectivity index (χ2v) is 6.16. The third-order valence-corrected chi connectivity index (χ3v) is 4.41. The quantitative estimate of drug-likeness (QED) is 0.684. The minimum atomic E-state index is -0.863. The van der Waals surface area contributed by atoms with Gasteiger partial charge < -0.3 is 15.7 Å². The molecule has 0 spiro atoms. The number of hydrogen-bond donors (Lipinski definition) is 3. The van der Waals surface area contributed by atoms with Gasteiger partial charge in [-0.25, -0.2) is 4.79 Å². The standard InChI is InChI=1S/C12H22N2O3S/c1-8(2)10(11(15)16)6-14-12(17)13-5-9-3-4-18-7-9/h8-10H,3-7H2,1-2H3,(H,15,16)(H2,13,14,17). The van der Waals surface area contributed by atoms with Crippen LogP contribution in [-0.4, -0.2) is 41.7 Å².